The summed E-state index contributed by atoms with van der Waals surface area (Å²) >= 11 is 0. The average Bonchev–Trinajstić information content (AvgIpc) is 2.35. The van der Waals surface area contributed by atoms with Gasteiger partial charge in [0.05, 0.1) is 17.1 Å². The summed E-state index contributed by atoms with van der Waals surface area (Å²) in [4.78, 5) is 1.81. The predicted molar refractivity (Wildman–Crippen MR) is 74.8 cm³/mol. The van der Waals surface area contributed by atoms with Gasteiger partial charge in [0.2, 0.25) is 0 Å². The summed E-state index contributed by atoms with van der Waals surface area (Å²) in [5.74, 6) is 0.0162. The highest BCUT2D eigenvalue weighted by molar-refractivity contribution is 7.91. The lowest BCUT2D eigenvalue weighted by Crippen LogP contribution is -2.47. The van der Waals surface area contributed by atoms with E-state index in [-0.39, 0.29) is 36.2 Å². The van der Waals surface area contributed by atoms with Crippen molar-refractivity contribution in [1.29, 1.82) is 0 Å². The van der Waals surface area contributed by atoms with Crippen molar-refractivity contribution in [3.8, 4) is 0 Å². The molecule has 0 aliphatic carbocycles. The third-order valence-corrected chi connectivity index (χ3v) is 5.41. The minimum Gasteiger partial charge on any atom is -0.367 e. The fraction of sp³-hybridized carbons (Fsp3) is 0.538. The van der Waals surface area contributed by atoms with Gasteiger partial charge in [0.25, 0.3) is 0 Å². The number of anilines is 1. The van der Waals surface area contributed by atoms with Gasteiger partial charge in [0.1, 0.15) is 0 Å². The molecule has 1 aromatic rings. The minimum atomic E-state index is -4.44. The van der Waals surface area contributed by atoms with Gasteiger partial charge in [-0.3, -0.25) is 0 Å². The largest absolute Gasteiger partial charge is 0.416 e. The Morgan fingerprint density at radius 3 is 2.57 bits per heavy atom. The molecule has 1 heterocycles. The second-order valence-corrected chi connectivity index (χ2v) is 7.43. The first kappa shape index (κ1) is 16.1. The Hall–Kier alpha value is -1.28. The fourth-order valence-corrected chi connectivity index (χ4v) is 4.14. The number of benzene rings is 1. The first-order valence-corrected chi connectivity index (χ1v) is 8.33. The first-order valence-electron chi connectivity index (χ1n) is 6.51. The molecule has 0 spiro atoms. The lowest BCUT2D eigenvalue weighted by molar-refractivity contribution is -0.138. The quantitative estimate of drug-likeness (QED) is 0.902. The number of nitrogens with zero attached hydrogens (tertiary/aromatic N) is 1. The molecule has 1 aliphatic rings. The molecule has 1 aromatic carbocycles. The van der Waals surface area contributed by atoms with Crippen molar-refractivity contribution in [2.24, 2.45) is 5.73 Å². The molecule has 1 saturated heterocycles. The molecule has 2 N–H and O–H groups in total. The summed E-state index contributed by atoms with van der Waals surface area (Å²) in [6, 6.07) is 3.51. The van der Waals surface area contributed by atoms with Gasteiger partial charge in [-0.1, -0.05) is 0 Å². The van der Waals surface area contributed by atoms with Gasteiger partial charge in [-0.25, -0.2) is 8.42 Å². The molecule has 2 rings (SSSR count). The van der Waals surface area contributed by atoms with Gasteiger partial charge in [0, 0.05) is 24.8 Å². The Kier molecular flexibility index (Phi) is 4.21. The van der Waals surface area contributed by atoms with Gasteiger partial charge in [-0.15, -0.1) is 0 Å². The summed E-state index contributed by atoms with van der Waals surface area (Å²) in [7, 11) is -3.07. The fourth-order valence-electron chi connectivity index (χ4n) is 2.59. The van der Waals surface area contributed by atoms with Crippen LogP contribution >= 0.6 is 0 Å². The van der Waals surface area contributed by atoms with Crippen LogP contribution in [0.25, 0.3) is 0 Å². The Morgan fingerprint density at radius 1 is 1.38 bits per heavy atom. The molecule has 4 nitrogen and oxygen atoms in total. The summed E-state index contributed by atoms with van der Waals surface area (Å²) in [5.41, 5.74) is 5.25. The standard InChI is InChI=1S/C13H17F3N2O2S/c1-9-8-21(19,20)5-4-18(9)11-2-3-12(13(14,15)16)10(6-11)7-17/h2-3,6,9H,4-5,7-8,17H2,1H3. The maximum absolute atomic E-state index is 12.8. The van der Waals surface area contributed by atoms with Crippen LogP contribution in [0.15, 0.2) is 18.2 Å². The first-order chi connectivity index (χ1) is 9.64. The van der Waals surface area contributed by atoms with Crippen molar-refractivity contribution in [1.82, 2.24) is 0 Å². The molecule has 0 aromatic heterocycles. The van der Waals surface area contributed by atoms with E-state index < -0.39 is 21.6 Å². The zero-order chi connectivity index (χ0) is 15.8. The van der Waals surface area contributed by atoms with E-state index in [1.165, 1.54) is 12.1 Å². The smallest absolute Gasteiger partial charge is 0.367 e. The molecule has 1 fully saturated rings. The molecule has 21 heavy (non-hydrogen) atoms. The lowest BCUT2D eigenvalue weighted by Gasteiger charge is -2.35. The van der Waals surface area contributed by atoms with Crippen LogP contribution in [-0.2, 0) is 22.6 Å². The lowest BCUT2D eigenvalue weighted by atomic mass is 10.0. The van der Waals surface area contributed by atoms with E-state index in [1.54, 1.807) is 11.8 Å². The third kappa shape index (κ3) is 3.49. The van der Waals surface area contributed by atoms with Crippen molar-refractivity contribution in [3.63, 3.8) is 0 Å². The molecular weight excluding hydrogens is 305 g/mol. The number of hydrogen-bond acceptors (Lipinski definition) is 4. The molecule has 8 heteroatoms. The molecule has 0 bridgehead atoms. The predicted octanol–water partition coefficient (Wildman–Crippen LogP) is 1.79. The zero-order valence-corrected chi connectivity index (χ0v) is 12.3. The van der Waals surface area contributed by atoms with E-state index in [0.29, 0.717) is 5.69 Å². The third-order valence-electron chi connectivity index (χ3n) is 3.62. The molecule has 118 valence electrons. The van der Waals surface area contributed by atoms with Crippen LogP contribution in [0, 0.1) is 0 Å². The molecule has 1 unspecified atom stereocenters. The average molecular weight is 322 g/mol. The summed E-state index contributed by atoms with van der Waals surface area (Å²) < 4.78 is 61.6. The van der Waals surface area contributed by atoms with Crippen LogP contribution in [0.3, 0.4) is 0 Å². The normalized spacial score (nSPS) is 22.3. The minimum absolute atomic E-state index is 0.00593. The van der Waals surface area contributed by atoms with Crippen LogP contribution in [0.5, 0.6) is 0 Å². The topological polar surface area (TPSA) is 63.4 Å². The van der Waals surface area contributed by atoms with Crippen LogP contribution in [0.4, 0.5) is 18.9 Å². The van der Waals surface area contributed by atoms with E-state index >= 15 is 0 Å². The second kappa shape index (κ2) is 5.49. The maximum Gasteiger partial charge on any atom is 0.416 e. The van der Waals surface area contributed by atoms with Crippen molar-refractivity contribution < 1.29 is 21.6 Å². The van der Waals surface area contributed by atoms with Crippen LogP contribution < -0.4 is 10.6 Å². The molecule has 1 atom stereocenters. The van der Waals surface area contributed by atoms with Crippen LogP contribution in [-0.4, -0.2) is 32.5 Å². The Balaban J connectivity index is 2.34. The number of sulfone groups is 1. The molecule has 0 amide bonds. The highest BCUT2D eigenvalue weighted by Gasteiger charge is 2.34. The summed E-state index contributed by atoms with van der Waals surface area (Å²) in [6.07, 6.45) is -4.44. The van der Waals surface area contributed by atoms with Crippen molar-refractivity contribution >= 4 is 15.5 Å². The van der Waals surface area contributed by atoms with Crippen molar-refractivity contribution in [2.75, 3.05) is 23.0 Å². The summed E-state index contributed by atoms with van der Waals surface area (Å²) in [5, 5.41) is 0. The van der Waals surface area contributed by atoms with Gasteiger partial charge in [0.15, 0.2) is 9.84 Å². The molecular formula is C13H17F3N2O2S. The van der Waals surface area contributed by atoms with Crippen LogP contribution in [0.2, 0.25) is 0 Å². The van der Waals surface area contributed by atoms with Gasteiger partial charge >= 0.3 is 6.18 Å². The highest BCUT2D eigenvalue weighted by atomic mass is 32.2. The summed E-state index contributed by atoms with van der Waals surface area (Å²) in [6.45, 7) is 1.80. The van der Waals surface area contributed by atoms with E-state index in [2.05, 4.69) is 0 Å². The number of alkyl halides is 3. The van der Waals surface area contributed by atoms with Gasteiger partial charge < -0.3 is 10.6 Å². The Labute approximate surface area is 121 Å². The van der Waals surface area contributed by atoms with Gasteiger partial charge in [-0.05, 0) is 30.7 Å². The number of nitrogens with two attached hydrogens (primary N) is 1. The Bertz CT molecular complexity index is 629. The van der Waals surface area contributed by atoms with E-state index in [1.807, 2.05) is 0 Å². The van der Waals surface area contributed by atoms with Gasteiger partial charge in [-0.2, -0.15) is 13.2 Å². The van der Waals surface area contributed by atoms with Crippen molar-refractivity contribution in [2.45, 2.75) is 25.7 Å². The monoisotopic (exact) mass is 322 g/mol. The maximum atomic E-state index is 12.8. The Morgan fingerprint density at radius 2 is 2.05 bits per heavy atom. The highest BCUT2D eigenvalue weighted by Crippen LogP contribution is 2.34. The zero-order valence-electron chi connectivity index (χ0n) is 11.5. The number of hydrogen-bond donors (Lipinski definition) is 1. The molecule has 0 saturated carbocycles. The van der Waals surface area contributed by atoms with E-state index in [4.69, 9.17) is 5.73 Å². The van der Waals surface area contributed by atoms with Crippen molar-refractivity contribution in [3.05, 3.63) is 29.3 Å². The van der Waals surface area contributed by atoms with E-state index in [0.717, 1.165) is 6.07 Å². The SMILES string of the molecule is CC1CS(=O)(=O)CCN1c1ccc(C(F)(F)F)c(CN)c1. The number of halogens is 3. The molecule has 1 aliphatic heterocycles. The second-order valence-electron chi connectivity index (χ2n) is 5.20. The molecule has 0 radical (unpaired) electrons. The number of rotatable bonds is 2. The van der Waals surface area contributed by atoms with Crippen LogP contribution in [0.1, 0.15) is 18.1 Å². The van der Waals surface area contributed by atoms with E-state index in [9.17, 15) is 21.6 Å².